The van der Waals surface area contributed by atoms with Gasteiger partial charge in [-0.05, 0) is 31.7 Å². The molecule has 0 spiro atoms. The highest BCUT2D eigenvalue weighted by atomic mass is 16.5. The van der Waals surface area contributed by atoms with Gasteiger partial charge in [0.05, 0.1) is 32.0 Å². The monoisotopic (exact) mass is 278 g/mol. The third-order valence-electron chi connectivity index (χ3n) is 4.26. The van der Waals surface area contributed by atoms with Crippen LogP contribution < -0.4 is 4.74 Å². The molecular formula is C16H22O4. The number of aliphatic hydroxyl groups excluding tert-OH is 1. The lowest BCUT2D eigenvalue weighted by Gasteiger charge is -2.31. The summed E-state index contributed by atoms with van der Waals surface area (Å²) in [6.07, 6.45) is 4.68. The van der Waals surface area contributed by atoms with Gasteiger partial charge in [-0.25, -0.2) is 0 Å². The van der Waals surface area contributed by atoms with Crippen molar-refractivity contribution in [1.82, 2.24) is 0 Å². The van der Waals surface area contributed by atoms with Gasteiger partial charge in [0, 0.05) is 5.56 Å². The van der Waals surface area contributed by atoms with Crippen molar-refractivity contribution in [3.8, 4) is 5.75 Å². The van der Waals surface area contributed by atoms with E-state index >= 15 is 0 Å². The first-order valence-electron chi connectivity index (χ1n) is 7.35. The predicted octanol–water partition coefficient (Wildman–Crippen LogP) is 2.46. The standard InChI is InChI=1S/C16H22O4/c1-18-15-5-3-2-4-14(15)16(10-17)20-13-8-11-6-7-12(9-13)19-11/h2-5,11-13,16-17H,6-10H2,1H3/t11-,12+,13?,16-/m0/s1. The van der Waals surface area contributed by atoms with Gasteiger partial charge in [-0.3, -0.25) is 0 Å². The maximum atomic E-state index is 9.67. The Hall–Kier alpha value is -1.10. The Morgan fingerprint density at radius 2 is 1.95 bits per heavy atom. The highest BCUT2D eigenvalue weighted by Crippen LogP contribution is 2.37. The minimum absolute atomic E-state index is 0.0347. The molecule has 0 radical (unpaired) electrons. The minimum atomic E-state index is -0.325. The maximum absolute atomic E-state index is 9.67. The molecule has 2 aliphatic rings. The van der Waals surface area contributed by atoms with Crippen molar-refractivity contribution in [3.05, 3.63) is 29.8 Å². The zero-order chi connectivity index (χ0) is 13.9. The van der Waals surface area contributed by atoms with Gasteiger partial charge in [-0.1, -0.05) is 18.2 Å². The minimum Gasteiger partial charge on any atom is -0.496 e. The average molecular weight is 278 g/mol. The summed E-state index contributed by atoms with van der Waals surface area (Å²) in [5.41, 5.74) is 0.913. The average Bonchev–Trinajstić information content (AvgIpc) is 2.83. The molecule has 4 heteroatoms. The third kappa shape index (κ3) is 2.82. The second kappa shape index (κ2) is 6.12. The molecule has 2 heterocycles. The van der Waals surface area contributed by atoms with Gasteiger partial charge in [0.25, 0.3) is 0 Å². The molecule has 0 aliphatic carbocycles. The van der Waals surface area contributed by atoms with E-state index in [4.69, 9.17) is 14.2 Å². The van der Waals surface area contributed by atoms with Crippen molar-refractivity contribution in [2.24, 2.45) is 0 Å². The van der Waals surface area contributed by atoms with Crippen LogP contribution in [0.1, 0.15) is 37.4 Å². The first-order chi connectivity index (χ1) is 9.80. The molecule has 1 aromatic rings. The summed E-state index contributed by atoms with van der Waals surface area (Å²) in [6, 6.07) is 7.71. The molecule has 2 aliphatic heterocycles. The Labute approximate surface area is 119 Å². The molecule has 1 aromatic carbocycles. The quantitative estimate of drug-likeness (QED) is 0.899. The predicted molar refractivity (Wildman–Crippen MR) is 74.8 cm³/mol. The van der Waals surface area contributed by atoms with E-state index in [0.717, 1.165) is 37.0 Å². The molecule has 3 rings (SSSR count). The molecule has 0 amide bonds. The molecule has 2 bridgehead atoms. The van der Waals surface area contributed by atoms with Gasteiger partial charge >= 0.3 is 0 Å². The Bertz CT molecular complexity index is 436. The molecule has 2 saturated heterocycles. The van der Waals surface area contributed by atoms with Crippen LogP contribution >= 0.6 is 0 Å². The smallest absolute Gasteiger partial charge is 0.124 e. The second-order valence-electron chi connectivity index (χ2n) is 5.60. The van der Waals surface area contributed by atoms with Crippen LogP contribution in [0.4, 0.5) is 0 Å². The lowest BCUT2D eigenvalue weighted by atomic mass is 10.0. The van der Waals surface area contributed by atoms with Crippen LogP contribution in [-0.2, 0) is 9.47 Å². The number of ether oxygens (including phenoxy) is 3. The summed E-state index contributed by atoms with van der Waals surface area (Å²) in [4.78, 5) is 0. The molecule has 2 fully saturated rings. The number of rotatable bonds is 5. The van der Waals surface area contributed by atoms with E-state index in [1.807, 2.05) is 24.3 Å². The SMILES string of the molecule is COc1ccccc1[C@H](CO)OC1C[C@H]2CC[C@@H](C1)O2. The number of hydrogen-bond acceptors (Lipinski definition) is 4. The van der Waals surface area contributed by atoms with Crippen molar-refractivity contribution in [3.63, 3.8) is 0 Å². The number of aliphatic hydroxyl groups is 1. The van der Waals surface area contributed by atoms with E-state index in [1.165, 1.54) is 0 Å². The first-order valence-corrected chi connectivity index (χ1v) is 7.35. The zero-order valence-corrected chi connectivity index (χ0v) is 11.8. The summed E-state index contributed by atoms with van der Waals surface area (Å²) in [6.45, 7) is -0.0347. The van der Waals surface area contributed by atoms with Gasteiger partial charge < -0.3 is 19.3 Å². The van der Waals surface area contributed by atoms with Gasteiger partial charge in [0.2, 0.25) is 0 Å². The van der Waals surface area contributed by atoms with Crippen LogP contribution in [0.3, 0.4) is 0 Å². The first kappa shape index (κ1) is 13.9. The number of fused-ring (bicyclic) bond motifs is 2. The maximum Gasteiger partial charge on any atom is 0.124 e. The van der Waals surface area contributed by atoms with E-state index in [2.05, 4.69) is 0 Å². The van der Waals surface area contributed by atoms with Crippen LogP contribution in [0, 0.1) is 0 Å². The van der Waals surface area contributed by atoms with Crippen molar-refractivity contribution in [1.29, 1.82) is 0 Å². The lowest BCUT2D eigenvalue weighted by molar-refractivity contribution is -0.115. The van der Waals surface area contributed by atoms with E-state index in [0.29, 0.717) is 12.2 Å². The molecule has 4 atom stereocenters. The summed E-state index contributed by atoms with van der Waals surface area (Å²) in [5.74, 6) is 0.765. The summed E-state index contributed by atoms with van der Waals surface area (Å²) >= 11 is 0. The fraction of sp³-hybridized carbons (Fsp3) is 0.625. The summed E-state index contributed by atoms with van der Waals surface area (Å²) in [7, 11) is 1.64. The van der Waals surface area contributed by atoms with Gasteiger partial charge in [0.1, 0.15) is 11.9 Å². The molecular weight excluding hydrogens is 256 g/mol. The fourth-order valence-corrected chi connectivity index (χ4v) is 3.30. The molecule has 1 unspecified atom stereocenters. The van der Waals surface area contributed by atoms with E-state index < -0.39 is 0 Å². The highest BCUT2D eigenvalue weighted by molar-refractivity contribution is 5.35. The second-order valence-corrected chi connectivity index (χ2v) is 5.60. The molecule has 0 saturated carbocycles. The molecule has 20 heavy (non-hydrogen) atoms. The van der Waals surface area contributed by atoms with Gasteiger partial charge in [-0.15, -0.1) is 0 Å². The van der Waals surface area contributed by atoms with Crippen LogP contribution in [0.5, 0.6) is 5.75 Å². The third-order valence-corrected chi connectivity index (χ3v) is 4.26. The molecule has 1 N–H and O–H groups in total. The van der Waals surface area contributed by atoms with E-state index in [1.54, 1.807) is 7.11 Å². The molecule has 110 valence electrons. The number of hydrogen-bond donors (Lipinski definition) is 1. The Morgan fingerprint density at radius 3 is 2.60 bits per heavy atom. The van der Waals surface area contributed by atoms with Crippen molar-refractivity contribution < 1.29 is 19.3 Å². The van der Waals surface area contributed by atoms with Crippen LogP contribution in [0.2, 0.25) is 0 Å². The van der Waals surface area contributed by atoms with Crippen molar-refractivity contribution >= 4 is 0 Å². The van der Waals surface area contributed by atoms with Crippen molar-refractivity contribution in [2.45, 2.75) is 50.1 Å². The molecule has 4 nitrogen and oxygen atoms in total. The Kier molecular flexibility index (Phi) is 4.24. The summed E-state index contributed by atoms with van der Waals surface area (Å²) in [5, 5.41) is 9.67. The summed E-state index contributed by atoms with van der Waals surface area (Å²) < 4.78 is 17.3. The topological polar surface area (TPSA) is 47.9 Å². The van der Waals surface area contributed by atoms with Crippen molar-refractivity contribution in [2.75, 3.05) is 13.7 Å². The molecule has 0 aromatic heterocycles. The number of para-hydroxylation sites is 1. The van der Waals surface area contributed by atoms with Gasteiger partial charge in [0.15, 0.2) is 0 Å². The normalized spacial score (nSPS) is 30.2. The van der Waals surface area contributed by atoms with E-state index in [9.17, 15) is 5.11 Å². The van der Waals surface area contributed by atoms with E-state index in [-0.39, 0.29) is 18.8 Å². The largest absolute Gasteiger partial charge is 0.496 e. The van der Waals surface area contributed by atoms with Crippen LogP contribution in [0.15, 0.2) is 24.3 Å². The Morgan fingerprint density at radius 1 is 1.25 bits per heavy atom. The number of methoxy groups -OCH3 is 1. The van der Waals surface area contributed by atoms with Crippen LogP contribution in [-0.4, -0.2) is 37.1 Å². The Balaban J connectivity index is 1.70. The number of benzene rings is 1. The fourth-order valence-electron chi connectivity index (χ4n) is 3.30. The zero-order valence-electron chi connectivity index (χ0n) is 11.8. The highest BCUT2D eigenvalue weighted by Gasteiger charge is 2.36. The lowest BCUT2D eigenvalue weighted by Crippen LogP contribution is -2.32. The van der Waals surface area contributed by atoms with Crippen LogP contribution in [0.25, 0.3) is 0 Å². The van der Waals surface area contributed by atoms with Gasteiger partial charge in [-0.2, -0.15) is 0 Å².